The highest BCUT2D eigenvalue weighted by atomic mass is 32.1. The second-order valence-electron chi connectivity index (χ2n) is 7.28. The number of rotatable bonds is 5. The number of benzene rings is 3. The minimum absolute atomic E-state index is 0.0662. The maximum atomic E-state index is 12.6. The van der Waals surface area contributed by atoms with Crippen LogP contribution < -0.4 is 5.32 Å². The second-order valence-corrected chi connectivity index (χ2v) is 8.29. The van der Waals surface area contributed by atoms with Crippen LogP contribution in [0.1, 0.15) is 28.4 Å². The Bertz CT molecular complexity index is 1330. The van der Waals surface area contributed by atoms with Crippen LogP contribution in [0.5, 0.6) is 0 Å². The van der Waals surface area contributed by atoms with E-state index in [2.05, 4.69) is 47.1 Å². The van der Waals surface area contributed by atoms with Crippen LogP contribution in [0, 0.1) is 0 Å². The number of carbonyl (C=O) groups excluding carboxylic acids is 1. The van der Waals surface area contributed by atoms with Gasteiger partial charge in [0.05, 0.1) is 15.9 Å². The van der Waals surface area contributed by atoms with Crippen molar-refractivity contribution in [2.75, 3.05) is 0 Å². The lowest BCUT2D eigenvalue weighted by Crippen LogP contribution is -2.22. The zero-order chi connectivity index (χ0) is 20.5. The highest BCUT2D eigenvalue weighted by Gasteiger charge is 2.13. The van der Waals surface area contributed by atoms with Gasteiger partial charge in [-0.05, 0) is 35.7 Å². The van der Waals surface area contributed by atoms with E-state index in [-0.39, 0.29) is 5.91 Å². The lowest BCUT2D eigenvalue weighted by Gasteiger charge is -2.05. The summed E-state index contributed by atoms with van der Waals surface area (Å²) in [5.74, 6) is -0.0662. The number of carbonyl (C=O) groups is 1. The molecule has 0 unspecified atom stereocenters. The van der Waals surface area contributed by atoms with Gasteiger partial charge in [-0.1, -0.05) is 72.9 Å². The third kappa shape index (κ3) is 3.48. The second kappa shape index (κ2) is 7.76. The molecule has 0 radical (unpaired) electrons. The Morgan fingerprint density at radius 2 is 1.80 bits per heavy atom. The summed E-state index contributed by atoms with van der Waals surface area (Å²) in [6, 6.07) is 24.3. The molecule has 2 aromatic heterocycles. The van der Waals surface area contributed by atoms with Gasteiger partial charge in [0, 0.05) is 23.9 Å². The Kier molecular flexibility index (Phi) is 4.81. The summed E-state index contributed by atoms with van der Waals surface area (Å²) in [6.07, 6.45) is 3.11. The van der Waals surface area contributed by atoms with Crippen molar-refractivity contribution in [1.82, 2.24) is 14.7 Å². The summed E-state index contributed by atoms with van der Waals surface area (Å²) in [6.45, 7) is 2.68. The number of amides is 1. The predicted molar refractivity (Wildman–Crippen MR) is 123 cm³/mol. The normalized spacial score (nSPS) is 11.2. The molecule has 0 bridgehead atoms. The number of hydrogen-bond donors (Lipinski definition) is 1. The fourth-order valence-electron chi connectivity index (χ4n) is 3.57. The Hall–Kier alpha value is -3.44. The topological polar surface area (TPSA) is 46.4 Å². The van der Waals surface area contributed by atoms with E-state index < -0.39 is 0 Å². The highest BCUT2D eigenvalue weighted by Crippen LogP contribution is 2.30. The van der Waals surface area contributed by atoms with E-state index in [1.165, 1.54) is 5.56 Å². The molecule has 148 valence electrons. The quantitative estimate of drug-likeness (QED) is 0.403. The SMILES string of the molecule is CCc1ccc(-c2cn3c(n2)sc2cc(C(=O)NCc4ccccc4)ccc23)cc1. The fraction of sp³-hybridized carbons (Fsp3) is 0.120. The van der Waals surface area contributed by atoms with Crippen LogP contribution >= 0.6 is 11.3 Å². The summed E-state index contributed by atoms with van der Waals surface area (Å²) in [5, 5.41) is 2.99. The molecule has 4 nitrogen and oxygen atoms in total. The number of nitrogens with one attached hydrogen (secondary N) is 1. The summed E-state index contributed by atoms with van der Waals surface area (Å²) >= 11 is 1.60. The van der Waals surface area contributed by atoms with E-state index in [9.17, 15) is 4.79 Å². The Labute approximate surface area is 178 Å². The summed E-state index contributed by atoms with van der Waals surface area (Å²) in [4.78, 5) is 18.3. The number of thiazole rings is 1. The number of imidazole rings is 1. The molecule has 0 spiro atoms. The van der Waals surface area contributed by atoms with E-state index in [4.69, 9.17) is 4.98 Å². The maximum absolute atomic E-state index is 12.6. The predicted octanol–water partition coefficient (Wildman–Crippen LogP) is 5.71. The zero-order valence-corrected chi connectivity index (χ0v) is 17.4. The first-order valence-corrected chi connectivity index (χ1v) is 10.9. The van der Waals surface area contributed by atoms with E-state index in [0.717, 1.165) is 38.4 Å². The van der Waals surface area contributed by atoms with Crippen LogP contribution in [0.3, 0.4) is 0 Å². The van der Waals surface area contributed by atoms with Gasteiger partial charge < -0.3 is 5.32 Å². The van der Waals surface area contributed by atoms with E-state index in [0.29, 0.717) is 12.1 Å². The van der Waals surface area contributed by atoms with E-state index in [1.54, 1.807) is 11.3 Å². The van der Waals surface area contributed by atoms with Crippen LogP contribution in [-0.2, 0) is 13.0 Å². The van der Waals surface area contributed by atoms with Gasteiger partial charge in [-0.15, -0.1) is 0 Å². The molecule has 0 saturated carbocycles. The molecule has 5 heteroatoms. The molecule has 2 heterocycles. The molecule has 0 aliphatic rings. The van der Waals surface area contributed by atoms with Crippen molar-refractivity contribution in [1.29, 1.82) is 0 Å². The van der Waals surface area contributed by atoms with Crippen molar-refractivity contribution in [3.63, 3.8) is 0 Å². The van der Waals surface area contributed by atoms with Crippen molar-refractivity contribution in [3.8, 4) is 11.3 Å². The van der Waals surface area contributed by atoms with Crippen LogP contribution in [0.2, 0.25) is 0 Å². The van der Waals surface area contributed by atoms with Crippen molar-refractivity contribution >= 4 is 32.4 Å². The molecule has 1 N–H and O–H groups in total. The molecule has 5 rings (SSSR count). The number of aryl methyl sites for hydroxylation is 1. The molecule has 0 fully saturated rings. The smallest absolute Gasteiger partial charge is 0.251 e. The minimum atomic E-state index is -0.0662. The third-order valence-electron chi connectivity index (χ3n) is 5.31. The number of aromatic nitrogens is 2. The van der Waals surface area contributed by atoms with Gasteiger partial charge in [-0.2, -0.15) is 0 Å². The number of nitrogens with zero attached hydrogens (tertiary/aromatic N) is 2. The average Bonchev–Trinajstić information content (AvgIpc) is 3.36. The number of hydrogen-bond acceptors (Lipinski definition) is 3. The first-order chi connectivity index (χ1) is 14.7. The monoisotopic (exact) mass is 411 g/mol. The maximum Gasteiger partial charge on any atom is 0.251 e. The van der Waals surface area contributed by atoms with Crippen molar-refractivity contribution < 1.29 is 4.79 Å². The molecule has 30 heavy (non-hydrogen) atoms. The molecule has 5 aromatic rings. The lowest BCUT2D eigenvalue weighted by molar-refractivity contribution is 0.0951. The first-order valence-electron chi connectivity index (χ1n) is 10.0. The molecule has 0 atom stereocenters. The molecular formula is C25H21N3OS. The van der Waals surface area contributed by atoms with Crippen molar-refractivity contribution in [2.24, 2.45) is 0 Å². The molecule has 0 saturated heterocycles. The molecule has 1 amide bonds. The van der Waals surface area contributed by atoms with Crippen molar-refractivity contribution in [3.05, 3.63) is 95.7 Å². The average molecular weight is 412 g/mol. The van der Waals surface area contributed by atoms with Crippen LogP contribution in [0.25, 0.3) is 26.4 Å². The summed E-state index contributed by atoms with van der Waals surface area (Å²) < 4.78 is 3.16. The van der Waals surface area contributed by atoms with Crippen LogP contribution in [0.4, 0.5) is 0 Å². The van der Waals surface area contributed by atoms with Crippen LogP contribution in [0.15, 0.2) is 79.0 Å². The van der Waals surface area contributed by atoms with Gasteiger partial charge >= 0.3 is 0 Å². The minimum Gasteiger partial charge on any atom is -0.348 e. The largest absolute Gasteiger partial charge is 0.348 e. The van der Waals surface area contributed by atoms with Gasteiger partial charge in [-0.25, -0.2) is 4.98 Å². The Balaban J connectivity index is 1.40. The summed E-state index contributed by atoms with van der Waals surface area (Å²) in [5.41, 5.74) is 6.23. The zero-order valence-electron chi connectivity index (χ0n) is 16.6. The standard InChI is InChI=1S/C25H21N3OS/c1-2-17-8-10-19(11-9-17)21-16-28-22-13-12-20(14-23(22)30-25(28)27-21)24(29)26-15-18-6-4-3-5-7-18/h3-14,16H,2,15H2,1H3,(H,26,29). The van der Waals surface area contributed by atoms with Gasteiger partial charge in [0.1, 0.15) is 0 Å². The van der Waals surface area contributed by atoms with Gasteiger partial charge in [0.15, 0.2) is 4.96 Å². The molecule has 0 aliphatic carbocycles. The molecule has 3 aromatic carbocycles. The van der Waals surface area contributed by atoms with Gasteiger partial charge in [0.25, 0.3) is 5.91 Å². The molecular weight excluding hydrogens is 390 g/mol. The fourth-order valence-corrected chi connectivity index (χ4v) is 4.62. The van der Waals surface area contributed by atoms with Crippen LogP contribution in [-0.4, -0.2) is 15.3 Å². The highest BCUT2D eigenvalue weighted by molar-refractivity contribution is 7.23. The lowest BCUT2D eigenvalue weighted by atomic mass is 10.1. The van der Waals surface area contributed by atoms with Gasteiger partial charge in [-0.3, -0.25) is 9.20 Å². The van der Waals surface area contributed by atoms with Gasteiger partial charge in [0.2, 0.25) is 0 Å². The Morgan fingerprint density at radius 3 is 2.57 bits per heavy atom. The molecule has 0 aliphatic heterocycles. The first kappa shape index (κ1) is 18.6. The third-order valence-corrected chi connectivity index (χ3v) is 6.33. The summed E-state index contributed by atoms with van der Waals surface area (Å²) in [7, 11) is 0. The Morgan fingerprint density at radius 1 is 1.00 bits per heavy atom. The van der Waals surface area contributed by atoms with E-state index in [1.807, 2.05) is 48.5 Å². The van der Waals surface area contributed by atoms with E-state index >= 15 is 0 Å². The van der Waals surface area contributed by atoms with Crippen molar-refractivity contribution in [2.45, 2.75) is 19.9 Å². The number of fused-ring (bicyclic) bond motifs is 3.